The number of allylic oxidation sites excluding steroid dienone is 8. The lowest BCUT2D eigenvalue weighted by Crippen LogP contribution is -2.52. The first-order chi connectivity index (χ1) is 17.6. The summed E-state index contributed by atoms with van der Waals surface area (Å²) in [5.41, 5.74) is 9.86. The highest BCUT2D eigenvalue weighted by atomic mass is 19.1. The second kappa shape index (κ2) is 27.1. The molecule has 7 nitrogen and oxygen atoms in total. The van der Waals surface area contributed by atoms with E-state index in [1.54, 1.807) is 12.2 Å². The van der Waals surface area contributed by atoms with Gasteiger partial charge in [-0.3, -0.25) is 20.3 Å². The average Bonchev–Trinajstić information content (AvgIpc) is 2.87. The van der Waals surface area contributed by atoms with Gasteiger partial charge in [-0.15, -0.1) is 0 Å². The molecule has 8 N–H and O–H groups in total. The summed E-state index contributed by atoms with van der Waals surface area (Å²) in [6, 6.07) is 0. The van der Waals surface area contributed by atoms with E-state index in [2.05, 4.69) is 61.6 Å². The highest BCUT2D eigenvalue weighted by Gasteiger charge is 2.23. The molecule has 39 heavy (non-hydrogen) atoms. The van der Waals surface area contributed by atoms with Crippen molar-refractivity contribution in [1.82, 2.24) is 16.0 Å². The molecule has 0 aromatic heterocycles. The Balaban J connectivity index is -0.000000175. The molecule has 0 fully saturated rings. The predicted molar refractivity (Wildman–Crippen MR) is 173 cm³/mol. The Morgan fingerprint density at radius 3 is 2.26 bits per heavy atom. The van der Waals surface area contributed by atoms with Crippen LogP contribution in [-0.4, -0.2) is 49.7 Å². The zero-order chi connectivity index (χ0) is 28.7. The maximum Gasteiger partial charge on any atom is 0.0866 e. The Hall–Kier alpha value is -2.46. The standard InChI is InChI=1S/C21H39N5.C7H9F.C2H7N.FH.H2O.2H2/c1-7-10-19(22)18(20(23)17-11-12-24-15(4)13-17)14-25-16(5)26-21(6,8-2)9-3;1-2-3-4-5-6-7-8;1-3-2;;;;/h12-13,16-17,23,25-26H,7-11,14,22H2,1-6H3;2-7H,1H3;3H,1-2H3;1H;1H2;2*1H/b19-18-,23-20?;3-2+,5-4-,7-6+;;;;;. The van der Waals surface area contributed by atoms with E-state index in [-0.39, 0.29) is 30.7 Å². The Morgan fingerprint density at radius 1 is 1.23 bits per heavy atom. The molecule has 0 saturated carbocycles. The molecule has 1 aliphatic heterocycles. The molecule has 0 bridgehead atoms. The minimum atomic E-state index is 0. The molecule has 0 radical (unpaired) electrons. The third-order valence-corrected chi connectivity index (χ3v) is 6.01. The van der Waals surface area contributed by atoms with Gasteiger partial charge in [-0.05, 0) is 73.5 Å². The van der Waals surface area contributed by atoms with Crippen LogP contribution in [0.1, 0.15) is 83.4 Å². The average molecular weight is 561 g/mol. The maximum absolute atomic E-state index is 11.2. The smallest absolute Gasteiger partial charge is 0.0866 e. The van der Waals surface area contributed by atoms with Gasteiger partial charge in [0.05, 0.1) is 12.5 Å². The van der Waals surface area contributed by atoms with Gasteiger partial charge >= 0.3 is 0 Å². The summed E-state index contributed by atoms with van der Waals surface area (Å²) in [5.74, 6) is 0.0690. The highest BCUT2D eigenvalue weighted by Crippen LogP contribution is 2.21. The first-order valence-electron chi connectivity index (χ1n) is 13.5. The molecule has 232 valence electrons. The van der Waals surface area contributed by atoms with Crippen molar-refractivity contribution in [2.45, 2.75) is 92.3 Å². The quantitative estimate of drug-likeness (QED) is 0.102. The van der Waals surface area contributed by atoms with Gasteiger partial charge < -0.3 is 21.9 Å². The number of nitrogens with zero attached hydrogens (tertiary/aromatic N) is 1. The van der Waals surface area contributed by atoms with Crippen molar-refractivity contribution < 1.29 is 17.4 Å². The van der Waals surface area contributed by atoms with Gasteiger partial charge in [0.25, 0.3) is 0 Å². The zero-order valence-corrected chi connectivity index (χ0v) is 25.8. The summed E-state index contributed by atoms with van der Waals surface area (Å²) in [5, 5.41) is 18.7. The van der Waals surface area contributed by atoms with Crippen LogP contribution in [0.3, 0.4) is 0 Å². The Bertz CT molecular complexity index is 797. The second-order valence-electron chi connectivity index (χ2n) is 9.37. The maximum atomic E-state index is 11.2. The summed E-state index contributed by atoms with van der Waals surface area (Å²) < 4.78 is 11.2. The molecular weight excluding hydrogens is 498 g/mol. The lowest BCUT2D eigenvalue weighted by atomic mass is 9.90. The van der Waals surface area contributed by atoms with E-state index in [9.17, 15) is 4.39 Å². The Kier molecular flexibility index (Phi) is 30.3. The van der Waals surface area contributed by atoms with Crippen molar-refractivity contribution >= 4 is 11.9 Å². The van der Waals surface area contributed by atoms with E-state index < -0.39 is 0 Å². The molecule has 0 spiro atoms. The molecule has 0 saturated heterocycles. The Morgan fingerprint density at radius 2 is 1.79 bits per heavy atom. The van der Waals surface area contributed by atoms with Crippen LogP contribution < -0.4 is 21.7 Å². The van der Waals surface area contributed by atoms with Crippen LogP contribution >= 0.6 is 0 Å². The van der Waals surface area contributed by atoms with Crippen LogP contribution in [-0.2, 0) is 0 Å². The molecule has 1 rings (SSSR count). The molecule has 0 aromatic rings. The number of hydrogen-bond acceptors (Lipinski definition) is 6. The summed E-state index contributed by atoms with van der Waals surface area (Å²) in [6.07, 6.45) is 17.8. The third-order valence-electron chi connectivity index (χ3n) is 6.01. The summed E-state index contributed by atoms with van der Waals surface area (Å²) in [7, 11) is 3.75. The van der Waals surface area contributed by atoms with Crippen LogP contribution in [0.15, 0.2) is 64.7 Å². The van der Waals surface area contributed by atoms with E-state index in [1.165, 1.54) is 6.08 Å². The minimum Gasteiger partial charge on any atom is -0.412 e. The topological polar surface area (TPSA) is 130 Å². The van der Waals surface area contributed by atoms with Crippen LogP contribution in [0.4, 0.5) is 9.09 Å². The summed E-state index contributed by atoms with van der Waals surface area (Å²) in [4.78, 5) is 4.30. The van der Waals surface area contributed by atoms with Gasteiger partial charge in [-0.25, -0.2) is 4.39 Å². The normalized spacial score (nSPS) is 16.3. The molecule has 2 atom stereocenters. The third kappa shape index (κ3) is 21.1. The number of aliphatic imine (C=N–C) groups is 1. The van der Waals surface area contributed by atoms with Crippen LogP contribution in [0.2, 0.25) is 0 Å². The van der Waals surface area contributed by atoms with Gasteiger partial charge in [-0.1, -0.05) is 57.6 Å². The first kappa shape index (κ1) is 43.6. The monoisotopic (exact) mass is 560 g/mol. The summed E-state index contributed by atoms with van der Waals surface area (Å²) in [6.45, 7) is 15.4. The largest absolute Gasteiger partial charge is 0.412 e. The van der Waals surface area contributed by atoms with Crippen LogP contribution in [0.5, 0.6) is 0 Å². The lowest BCUT2D eigenvalue weighted by molar-refractivity contribution is 0.276. The van der Waals surface area contributed by atoms with E-state index >= 15 is 0 Å². The van der Waals surface area contributed by atoms with Crippen molar-refractivity contribution in [3.8, 4) is 0 Å². The van der Waals surface area contributed by atoms with Crippen molar-refractivity contribution in [2.75, 3.05) is 20.6 Å². The number of rotatable bonds is 13. The summed E-state index contributed by atoms with van der Waals surface area (Å²) >= 11 is 0. The van der Waals surface area contributed by atoms with Gasteiger partial charge in [0.2, 0.25) is 0 Å². The fraction of sp³-hybridized carbons (Fsp3) is 0.600. The van der Waals surface area contributed by atoms with Crippen LogP contribution in [0.25, 0.3) is 0 Å². The second-order valence-corrected chi connectivity index (χ2v) is 9.37. The number of hydrogen-bond donors (Lipinski definition) is 5. The molecular formula is C30H62F2N6O. The SMILES string of the molecule is C/C=C/C=C\C=C\F.CCC/C(N)=C(\CNC(C)NC(C)(CC)CC)C(=N)C1C=C(C)N=CC1.CNC.F.O.[HH].[HH]. The molecule has 2 unspecified atom stereocenters. The molecule has 1 aliphatic rings. The fourth-order valence-electron chi connectivity index (χ4n) is 3.50. The molecule has 9 heteroatoms. The number of nitrogens with one attached hydrogen (secondary N) is 4. The van der Waals surface area contributed by atoms with Crippen molar-refractivity contribution in [3.63, 3.8) is 0 Å². The molecule has 0 amide bonds. The van der Waals surface area contributed by atoms with E-state index in [0.717, 1.165) is 49.1 Å². The van der Waals surface area contributed by atoms with Crippen molar-refractivity contribution in [1.29, 1.82) is 5.41 Å². The van der Waals surface area contributed by atoms with E-state index in [1.807, 2.05) is 46.3 Å². The highest BCUT2D eigenvalue weighted by molar-refractivity contribution is 6.02. The van der Waals surface area contributed by atoms with Gasteiger partial charge in [-0.2, -0.15) is 0 Å². The van der Waals surface area contributed by atoms with E-state index in [0.29, 0.717) is 18.6 Å². The van der Waals surface area contributed by atoms with E-state index in [4.69, 9.17) is 11.1 Å². The number of halogens is 2. The zero-order valence-electron chi connectivity index (χ0n) is 25.8. The van der Waals surface area contributed by atoms with Gasteiger partial charge in [0.15, 0.2) is 0 Å². The molecule has 0 aromatic carbocycles. The lowest BCUT2D eigenvalue weighted by Gasteiger charge is -2.33. The van der Waals surface area contributed by atoms with Crippen molar-refractivity contribution in [3.05, 3.63) is 59.8 Å². The molecule has 0 aliphatic carbocycles. The number of nitrogens with two attached hydrogens (primary N) is 1. The van der Waals surface area contributed by atoms with Crippen LogP contribution in [0, 0.1) is 11.3 Å². The first-order valence-corrected chi connectivity index (χ1v) is 13.5. The fourth-order valence-corrected chi connectivity index (χ4v) is 3.50. The van der Waals surface area contributed by atoms with Gasteiger partial charge in [0, 0.05) is 49.7 Å². The predicted octanol–water partition coefficient (Wildman–Crippen LogP) is 6.37. The molecule has 1 heterocycles. The Labute approximate surface area is 240 Å². The van der Waals surface area contributed by atoms with Gasteiger partial charge in [0.1, 0.15) is 0 Å². The minimum absolute atomic E-state index is 0. The van der Waals surface area contributed by atoms with Crippen molar-refractivity contribution in [2.24, 2.45) is 16.6 Å².